The van der Waals surface area contributed by atoms with Crippen molar-refractivity contribution in [3.05, 3.63) is 23.8 Å². The van der Waals surface area contributed by atoms with E-state index in [1.165, 1.54) is 18.2 Å². The molecule has 1 saturated heterocycles. The number of benzene rings is 1. The van der Waals surface area contributed by atoms with E-state index in [0.717, 1.165) is 0 Å². The summed E-state index contributed by atoms with van der Waals surface area (Å²) < 4.78 is 24.3. The van der Waals surface area contributed by atoms with Gasteiger partial charge in [0.2, 0.25) is 12.2 Å². The lowest BCUT2D eigenvalue weighted by Gasteiger charge is -2.31. The summed E-state index contributed by atoms with van der Waals surface area (Å²) in [7, 11) is 1.65. The Morgan fingerprint density at radius 3 is 2.79 bits per heavy atom. The Balaban J connectivity index is 2.08. The zero-order valence-corrected chi connectivity index (χ0v) is 15.6. The number of aliphatic carboxylic acids is 1. The van der Waals surface area contributed by atoms with Gasteiger partial charge >= 0.3 is 5.97 Å². The van der Waals surface area contributed by atoms with Gasteiger partial charge in [0.1, 0.15) is 12.4 Å². The normalized spacial score (nSPS) is 23.1. The maximum atomic E-state index is 13.5. The number of hydrogen-bond acceptors (Lipinski definition) is 7. The number of alkyl halides is 1. The molecule has 1 aliphatic heterocycles. The zero-order valence-electron chi connectivity index (χ0n) is 15.6. The van der Waals surface area contributed by atoms with Gasteiger partial charge in [-0.05, 0) is 38.2 Å². The van der Waals surface area contributed by atoms with E-state index < -0.39 is 37.2 Å². The summed E-state index contributed by atoms with van der Waals surface area (Å²) in [4.78, 5) is 23.3. The molecule has 1 aromatic carbocycles. The molecule has 0 saturated carbocycles. The number of likely N-dealkylation sites (N-methyl/N-ethyl adjacent to an activating group) is 1. The molecule has 28 heavy (non-hydrogen) atoms. The van der Waals surface area contributed by atoms with Gasteiger partial charge in [-0.15, -0.1) is 0 Å². The lowest BCUT2D eigenvalue weighted by atomic mass is 10.1. The molecule has 10 heteroatoms. The van der Waals surface area contributed by atoms with E-state index in [2.05, 4.69) is 10.6 Å². The van der Waals surface area contributed by atoms with Gasteiger partial charge in [-0.2, -0.15) is 0 Å². The molecule has 0 bridgehead atoms. The summed E-state index contributed by atoms with van der Waals surface area (Å²) >= 11 is 0. The third kappa shape index (κ3) is 5.86. The summed E-state index contributed by atoms with van der Waals surface area (Å²) in [6.45, 7) is -0.527. The van der Waals surface area contributed by atoms with Crippen LogP contribution in [0.5, 0.6) is 5.75 Å². The molecule has 0 aliphatic carbocycles. The molecule has 1 heterocycles. The molecule has 0 aromatic heterocycles. The number of carboxylic acids is 1. The van der Waals surface area contributed by atoms with Crippen LogP contribution < -0.4 is 21.1 Å². The number of rotatable bonds is 9. The molecule has 0 radical (unpaired) electrons. The molecule has 1 aromatic rings. The average Bonchev–Trinajstić information content (AvgIpc) is 2.66. The second-order valence-corrected chi connectivity index (χ2v) is 6.50. The Morgan fingerprint density at radius 1 is 1.43 bits per heavy atom. The number of aliphatic hydroxyl groups excluding tert-OH is 1. The topological polar surface area (TPSA) is 143 Å². The Bertz CT molecular complexity index is 689. The number of nitrogens with two attached hydrogens (primary N) is 1. The smallest absolute Gasteiger partial charge is 0.333 e. The van der Waals surface area contributed by atoms with Crippen molar-refractivity contribution in [1.82, 2.24) is 5.32 Å². The highest BCUT2D eigenvalue weighted by Crippen LogP contribution is 2.28. The summed E-state index contributed by atoms with van der Waals surface area (Å²) in [6.07, 6.45) is -2.63. The van der Waals surface area contributed by atoms with E-state index in [1.54, 1.807) is 7.05 Å². The van der Waals surface area contributed by atoms with Crippen molar-refractivity contribution < 1.29 is 33.7 Å². The van der Waals surface area contributed by atoms with Gasteiger partial charge < -0.3 is 36.1 Å². The third-order valence-corrected chi connectivity index (χ3v) is 4.39. The lowest BCUT2D eigenvalue weighted by Crippen LogP contribution is -2.42. The SMILES string of the molecule is CNC(CCN)C(=O)Nc1ccc(OC2CC(O)CC(C(=O)O)O2)c(CF)c1. The van der Waals surface area contributed by atoms with Crippen LogP contribution in [0.25, 0.3) is 0 Å². The van der Waals surface area contributed by atoms with Gasteiger partial charge in [0, 0.05) is 24.1 Å². The van der Waals surface area contributed by atoms with E-state index in [4.69, 9.17) is 20.3 Å². The van der Waals surface area contributed by atoms with Crippen LogP contribution in [0.1, 0.15) is 24.8 Å². The van der Waals surface area contributed by atoms with Crippen molar-refractivity contribution in [1.29, 1.82) is 0 Å². The summed E-state index contributed by atoms with van der Waals surface area (Å²) in [5.41, 5.74) is 6.02. The summed E-state index contributed by atoms with van der Waals surface area (Å²) in [5.74, 6) is -1.35. The first-order valence-corrected chi connectivity index (χ1v) is 8.98. The highest BCUT2D eigenvalue weighted by atomic mass is 19.1. The van der Waals surface area contributed by atoms with Crippen LogP contribution in [0.4, 0.5) is 10.1 Å². The van der Waals surface area contributed by atoms with Crippen LogP contribution in [0.3, 0.4) is 0 Å². The molecule has 1 fully saturated rings. The molecule has 9 nitrogen and oxygen atoms in total. The van der Waals surface area contributed by atoms with Gasteiger partial charge in [-0.3, -0.25) is 4.79 Å². The van der Waals surface area contributed by atoms with Gasteiger partial charge in [0.25, 0.3) is 0 Å². The van der Waals surface area contributed by atoms with Crippen LogP contribution >= 0.6 is 0 Å². The third-order valence-electron chi connectivity index (χ3n) is 4.39. The molecule has 1 aliphatic rings. The fourth-order valence-electron chi connectivity index (χ4n) is 2.92. The highest BCUT2D eigenvalue weighted by molar-refractivity contribution is 5.95. The minimum atomic E-state index is -1.20. The summed E-state index contributed by atoms with van der Waals surface area (Å²) in [5, 5.41) is 24.4. The monoisotopic (exact) mass is 399 g/mol. The predicted molar refractivity (Wildman–Crippen MR) is 98.6 cm³/mol. The summed E-state index contributed by atoms with van der Waals surface area (Å²) in [6, 6.07) is 3.95. The molecule has 156 valence electrons. The second-order valence-electron chi connectivity index (χ2n) is 6.50. The maximum Gasteiger partial charge on any atom is 0.333 e. The number of amides is 1. The molecule has 1 amide bonds. The van der Waals surface area contributed by atoms with Crippen LogP contribution in [-0.4, -0.2) is 60.2 Å². The van der Waals surface area contributed by atoms with Crippen LogP contribution in [-0.2, 0) is 21.0 Å². The molecular weight excluding hydrogens is 373 g/mol. The Kier molecular flexibility index (Phi) is 8.12. The number of nitrogens with one attached hydrogen (secondary N) is 2. The quantitative estimate of drug-likeness (QED) is 0.401. The number of ether oxygens (including phenoxy) is 2. The number of carbonyl (C=O) groups excluding carboxylic acids is 1. The minimum Gasteiger partial charge on any atom is -0.479 e. The molecule has 0 spiro atoms. The first kappa shape index (κ1) is 22.0. The first-order chi connectivity index (χ1) is 13.4. The van der Waals surface area contributed by atoms with Crippen molar-refractivity contribution in [2.24, 2.45) is 5.73 Å². The van der Waals surface area contributed by atoms with Crippen molar-refractivity contribution in [3.63, 3.8) is 0 Å². The van der Waals surface area contributed by atoms with Crippen LogP contribution in [0, 0.1) is 0 Å². The van der Waals surface area contributed by atoms with E-state index in [9.17, 15) is 19.1 Å². The predicted octanol–water partition coefficient (Wildman–Crippen LogP) is 0.361. The van der Waals surface area contributed by atoms with Crippen molar-refractivity contribution in [2.45, 2.75) is 50.5 Å². The van der Waals surface area contributed by atoms with E-state index in [1.807, 2.05) is 0 Å². The molecule has 2 rings (SSSR count). The van der Waals surface area contributed by atoms with E-state index >= 15 is 0 Å². The van der Waals surface area contributed by atoms with Gasteiger partial charge in [0.15, 0.2) is 6.10 Å². The Hall–Kier alpha value is -2.27. The zero-order chi connectivity index (χ0) is 20.7. The van der Waals surface area contributed by atoms with Crippen molar-refractivity contribution in [2.75, 3.05) is 18.9 Å². The van der Waals surface area contributed by atoms with Gasteiger partial charge in [-0.1, -0.05) is 0 Å². The lowest BCUT2D eigenvalue weighted by molar-refractivity contribution is -0.195. The Labute approximate surface area is 162 Å². The minimum absolute atomic E-state index is 0.0361. The first-order valence-electron chi connectivity index (χ1n) is 8.98. The fraction of sp³-hybridized carbons (Fsp3) is 0.556. The van der Waals surface area contributed by atoms with E-state index in [0.29, 0.717) is 18.7 Å². The number of anilines is 1. The standard InChI is InChI=1S/C18H26FN3O6/c1-21-13(4-5-20)17(24)22-11-2-3-14(10(6-11)9-19)27-16-8-12(23)7-15(28-16)18(25)26/h2-3,6,12-13,15-16,21,23H,4-5,7-9,20H2,1H3,(H,22,24)(H,25,26). The number of aliphatic hydroxyl groups is 1. The van der Waals surface area contributed by atoms with Crippen molar-refractivity contribution in [3.8, 4) is 5.75 Å². The van der Waals surface area contributed by atoms with Crippen LogP contribution in [0.2, 0.25) is 0 Å². The van der Waals surface area contributed by atoms with Crippen LogP contribution in [0.15, 0.2) is 18.2 Å². The molecular formula is C18H26FN3O6. The van der Waals surface area contributed by atoms with E-state index in [-0.39, 0.29) is 30.1 Å². The maximum absolute atomic E-state index is 13.5. The second kappa shape index (κ2) is 10.3. The molecule has 4 atom stereocenters. The average molecular weight is 399 g/mol. The highest BCUT2D eigenvalue weighted by Gasteiger charge is 2.34. The number of hydrogen-bond donors (Lipinski definition) is 5. The largest absolute Gasteiger partial charge is 0.479 e. The molecule has 6 N–H and O–H groups in total. The van der Waals surface area contributed by atoms with Gasteiger partial charge in [0.05, 0.1) is 12.1 Å². The molecule has 4 unspecified atom stereocenters. The Morgan fingerprint density at radius 2 is 2.18 bits per heavy atom. The number of halogens is 1. The van der Waals surface area contributed by atoms with Crippen molar-refractivity contribution >= 4 is 17.6 Å². The number of carbonyl (C=O) groups is 2. The fourth-order valence-corrected chi connectivity index (χ4v) is 2.92. The van der Waals surface area contributed by atoms with Gasteiger partial charge in [-0.25, -0.2) is 9.18 Å². The number of carboxylic acid groups (broad SMARTS) is 1.